The van der Waals surface area contributed by atoms with Crippen molar-refractivity contribution in [3.05, 3.63) is 243 Å². The number of anilines is 3. The molecule has 0 fully saturated rings. The van der Waals surface area contributed by atoms with Crippen molar-refractivity contribution in [1.82, 2.24) is 14.5 Å². The Morgan fingerprint density at radius 3 is 1.56 bits per heavy atom. The van der Waals surface area contributed by atoms with Crippen LogP contribution in [0.15, 0.2) is 243 Å². The molecule has 0 unspecified atom stereocenters. The molecule has 0 aliphatic heterocycles. The van der Waals surface area contributed by atoms with Crippen LogP contribution in [-0.2, 0) is 0 Å². The van der Waals surface area contributed by atoms with E-state index < -0.39 is 0 Å². The molecule has 0 radical (unpaired) electrons. The predicted octanol–water partition coefficient (Wildman–Crippen LogP) is 15.4. The summed E-state index contributed by atoms with van der Waals surface area (Å²) in [5.74, 6) is 0. The highest BCUT2D eigenvalue weighted by atomic mass is 15.1. The minimum absolute atomic E-state index is 0.857. The van der Waals surface area contributed by atoms with Gasteiger partial charge >= 0.3 is 0 Å². The minimum atomic E-state index is 0.857. The molecular weight excluding hydrogens is 753 g/mol. The summed E-state index contributed by atoms with van der Waals surface area (Å²) < 4.78 is 2.36. The Balaban J connectivity index is 0.987. The Kier molecular flexibility index (Phi) is 9.49. The van der Waals surface area contributed by atoms with Crippen LogP contribution in [0.4, 0.5) is 17.1 Å². The lowest BCUT2D eigenvalue weighted by molar-refractivity contribution is 1.17. The maximum absolute atomic E-state index is 4.91. The summed E-state index contributed by atoms with van der Waals surface area (Å²) >= 11 is 0. The standard InChI is InChI=1S/C58H40N4/c1-5-15-41(16-6-1)42-25-27-45(28-26-42)55-39-56(60-40-59-55)53-38-50(34-35-51(53)44-17-7-2-8-18-44)61(47-19-9-3-10-20-47)49-32-29-43(30-33-49)46-31-36-58-54(37-46)52-23-13-14-24-57(52)62(58)48-21-11-4-12-22-48/h1-40H. The van der Waals surface area contributed by atoms with Gasteiger partial charge in [0, 0.05) is 44.6 Å². The van der Waals surface area contributed by atoms with Gasteiger partial charge in [-0.05, 0) is 106 Å². The fourth-order valence-electron chi connectivity index (χ4n) is 8.71. The van der Waals surface area contributed by atoms with Crippen LogP contribution in [-0.4, -0.2) is 14.5 Å². The van der Waals surface area contributed by atoms with Crippen LogP contribution < -0.4 is 4.90 Å². The second-order valence-electron chi connectivity index (χ2n) is 15.5. The molecule has 0 aliphatic carbocycles. The second kappa shape index (κ2) is 16.0. The maximum atomic E-state index is 4.91. The fraction of sp³-hybridized carbons (Fsp3) is 0. The first-order valence-corrected chi connectivity index (χ1v) is 21.0. The first-order valence-electron chi connectivity index (χ1n) is 21.0. The smallest absolute Gasteiger partial charge is 0.116 e. The highest BCUT2D eigenvalue weighted by Gasteiger charge is 2.19. The number of benzene rings is 9. The number of aromatic nitrogens is 3. The van der Waals surface area contributed by atoms with Gasteiger partial charge in [0.15, 0.2) is 0 Å². The molecule has 4 heteroatoms. The molecule has 0 N–H and O–H groups in total. The largest absolute Gasteiger partial charge is 0.310 e. The number of hydrogen-bond acceptors (Lipinski definition) is 3. The van der Waals surface area contributed by atoms with Crippen LogP contribution in [0.1, 0.15) is 0 Å². The number of para-hydroxylation sites is 3. The molecule has 9 aromatic carbocycles. The molecule has 0 amide bonds. The number of nitrogens with zero attached hydrogens (tertiary/aromatic N) is 4. The highest BCUT2D eigenvalue weighted by molar-refractivity contribution is 6.10. The lowest BCUT2D eigenvalue weighted by atomic mass is 9.95. The molecule has 2 heterocycles. The van der Waals surface area contributed by atoms with Gasteiger partial charge in [-0.25, -0.2) is 9.97 Å². The molecule has 0 bridgehead atoms. The molecule has 0 saturated heterocycles. The minimum Gasteiger partial charge on any atom is -0.310 e. The number of fused-ring (bicyclic) bond motifs is 3. The van der Waals surface area contributed by atoms with Crippen molar-refractivity contribution in [2.45, 2.75) is 0 Å². The van der Waals surface area contributed by atoms with Crippen molar-refractivity contribution in [2.24, 2.45) is 0 Å². The van der Waals surface area contributed by atoms with Crippen molar-refractivity contribution in [1.29, 1.82) is 0 Å². The number of hydrogen-bond donors (Lipinski definition) is 0. The maximum Gasteiger partial charge on any atom is 0.116 e. The first kappa shape index (κ1) is 36.7. The average molecular weight is 793 g/mol. The predicted molar refractivity (Wildman–Crippen MR) is 258 cm³/mol. The molecule has 11 rings (SSSR count). The third kappa shape index (κ3) is 6.90. The Morgan fingerprint density at radius 1 is 0.306 bits per heavy atom. The summed E-state index contributed by atoms with van der Waals surface area (Å²) in [6, 6.07) is 84.1. The Bertz CT molecular complexity index is 3310. The molecule has 0 spiro atoms. The van der Waals surface area contributed by atoms with E-state index in [4.69, 9.17) is 9.97 Å². The molecule has 0 atom stereocenters. The lowest BCUT2D eigenvalue weighted by Gasteiger charge is -2.27. The topological polar surface area (TPSA) is 34.0 Å². The molecule has 2 aromatic heterocycles. The van der Waals surface area contributed by atoms with E-state index in [0.29, 0.717) is 0 Å². The number of rotatable bonds is 9. The third-order valence-electron chi connectivity index (χ3n) is 11.7. The normalized spacial score (nSPS) is 11.2. The molecule has 0 saturated carbocycles. The van der Waals surface area contributed by atoms with Gasteiger partial charge in [-0.1, -0.05) is 164 Å². The van der Waals surface area contributed by atoms with Crippen LogP contribution in [0.3, 0.4) is 0 Å². The quantitative estimate of drug-likeness (QED) is 0.146. The summed E-state index contributed by atoms with van der Waals surface area (Å²) in [4.78, 5) is 12.0. The molecule has 4 nitrogen and oxygen atoms in total. The van der Waals surface area contributed by atoms with Crippen LogP contribution in [0.5, 0.6) is 0 Å². The van der Waals surface area contributed by atoms with Crippen molar-refractivity contribution in [3.8, 4) is 61.6 Å². The zero-order valence-corrected chi connectivity index (χ0v) is 33.9. The Labute approximate surface area is 361 Å². The zero-order valence-electron chi connectivity index (χ0n) is 33.9. The van der Waals surface area contributed by atoms with Crippen molar-refractivity contribution in [3.63, 3.8) is 0 Å². The summed E-state index contributed by atoms with van der Waals surface area (Å²) in [7, 11) is 0. The van der Waals surface area contributed by atoms with E-state index in [1.165, 1.54) is 38.5 Å². The lowest BCUT2D eigenvalue weighted by Crippen LogP contribution is -2.10. The van der Waals surface area contributed by atoms with Gasteiger partial charge in [0.25, 0.3) is 0 Å². The van der Waals surface area contributed by atoms with Gasteiger partial charge in [0.05, 0.1) is 22.4 Å². The third-order valence-corrected chi connectivity index (χ3v) is 11.7. The van der Waals surface area contributed by atoms with Gasteiger partial charge in [-0.15, -0.1) is 0 Å². The van der Waals surface area contributed by atoms with Crippen molar-refractivity contribution in [2.75, 3.05) is 4.90 Å². The monoisotopic (exact) mass is 792 g/mol. The molecule has 11 aromatic rings. The van der Waals surface area contributed by atoms with E-state index in [2.05, 4.69) is 240 Å². The fourth-order valence-corrected chi connectivity index (χ4v) is 8.71. The van der Waals surface area contributed by atoms with Crippen molar-refractivity contribution < 1.29 is 0 Å². The summed E-state index contributed by atoms with van der Waals surface area (Å²) in [5.41, 5.74) is 17.4. The molecular formula is C58H40N4. The van der Waals surface area contributed by atoms with E-state index in [1.54, 1.807) is 6.33 Å². The van der Waals surface area contributed by atoms with Crippen LogP contribution >= 0.6 is 0 Å². The summed E-state index contributed by atoms with van der Waals surface area (Å²) in [5, 5.41) is 2.48. The zero-order chi connectivity index (χ0) is 41.2. The van der Waals surface area contributed by atoms with Gasteiger partial charge in [-0.3, -0.25) is 0 Å². The van der Waals surface area contributed by atoms with E-state index in [1.807, 2.05) is 6.07 Å². The van der Waals surface area contributed by atoms with Gasteiger partial charge in [-0.2, -0.15) is 0 Å². The SMILES string of the molecule is c1ccc(-c2ccc(-c3cc(-c4cc(N(c5ccccc5)c5ccc(-c6ccc7c(c6)c6ccccc6n7-c6ccccc6)cc5)ccc4-c4ccccc4)ncn3)cc2)cc1. The average Bonchev–Trinajstić information content (AvgIpc) is 3.69. The van der Waals surface area contributed by atoms with Crippen LogP contribution in [0, 0.1) is 0 Å². The van der Waals surface area contributed by atoms with E-state index >= 15 is 0 Å². The highest BCUT2D eigenvalue weighted by Crippen LogP contribution is 2.42. The molecule has 62 heavy (non-hydrogen) atoms. The Morgan fingerprint density at radius 2 is 0.823 bits per heavy atom. The summed E-state index contributed by atoms with van der Waals surface area (Å²) in [6.45, 7) is 0. The Hall–Kier alpha value is -8.34. The molecule has 0 aliphatic rings. The van der Waals surface area contributed by atoms with Crippen molar-refractivity contribution >= 4 is 38.9 Å². The van der Waals surface area contributed by atoms with Gasteiger partial charge in [0.2, 0.25) is 0 Å². The van der Waals surface area contributed by atoms with Gasteiger partial charge < -0.3 is 9.47 Å². The first-order chi connectivity index (χ1) is 30.7. The van der Waals surface area contributed by atoms with Crippen LogP contribution in [0.25, 0.3) is 83.4 Å². The summed E-state index contributed by atoms with van der Waals surface area (Å²) in [6.07, 6.45) is 1.68. The molecule has 292 valence electrons. The van der Waals surface area contributed by atoms with Gasteiger partial charge in [0.1, 0.15) is 6.33 Å². The second-order valence-corrected chi connectivity index (χ2v) is 15.5. The van der Waals surface area contributed by atoms with Crippen LogP contribution in [0.2, 0.25) is 0 Å². The van der Waals surface area contributed by atoms with E-state index in [-0.39, 0.29) is 0 Å². The van der Waals surface area contributed by atoms with E-state index in [0.717, 1.165) is 62.0 Å². The van der Waals surface area contributed by atoms with E-state index in [9.17, 15) is 0 Å².